The van der Waals surface area contributed by atoms with Crippen molar-refractivity contribution < 1.29 is 40.7 Å². The highest BCUT2D eigenvalue weighted by Crippen LogP contribution is 2.41. The van der Waals surface area contributed by atoms with Gasteiger partial charge in [-0.3, -0.25) is 24.2 Å². The second-order valence-electron chi connectivity index (χ2n) is 12.3. The van der Waals surface area contributed by atoms with Crippen LogP contribution >= 0.6 is 0 Å². The molecule has 0 unspecified atom stereocenters. The topological polar surface area (TPSA) is 80.3 Å². The molecule has 0 spiro atoms. The van der Waals surface area contributed by atoms with Gasteiger partial charge in [0.15, 0.2) is 0 Å². The van der Waals surface area contributed by atoms with Gasteiger partial charge in [0.1, 0.15) is 17.9 Å². The number of carbonyl (C=O) groups is 3. The van der Waals surface area contributed by atoms with E-state index in [9.17, 15) is 40.7 Å². The van der Waals surface area contributed by atoms with Gasteiger partial charge in [-0.25, -0.2) is 4.98 Å². The molecule has 5 rings (SSSR count). The number of carbonyl (C=O) groups excluding carboxylic acids is 3. The van der Waals surface area contributed by atoms with Crippen LogP contribution in [0.1, 0.15) is 29.7 Å². The number of likely N-dealkylation sites (N-methyl/N-ethyl adjacent to an activating group) is 1. The van der Waals surface area contributed by atoms with Crippen molar-refractivity contribution in [2.75, 3.05) is 61.0 Å². The van der Waals surface area contributed by atoms with Gasteiger partial charge in [0, 0.05) is 57.8 Å². The monoisotopic (exact) mass is 666 g/mol. The summed E-state index contributed by atoms with van der Waals surface area (Å²) < 4.78 is 82.6. The number of halogens is 6. The molecule has 0 saturated carbocycles. The third-order valence-corrected chi connectivity index (χ3v) is 9.08. The van der Waals surface area contributed by atoms with E-state index in [0.29, 0.717) is 25.2 Å². The number of para-hydroxylation sites is 1. The Morgan fingerprint density at radius 3 is 2.43 bits per heavy atom. The van der Waals surface area contributed by atoms with Crippen LogP contribution in [-0.4, -0.2) is 97.1 Å². The minimum absolute atomic E-state index is 0.0442. The zero-order valence-corrected chi connectivity index (χ0v) is 26.2. The zero-order valence-electron chi connectivity index (χ0n) is 26.2. The summed E-state index contributed by atoms with van der Waals surface area (Å²) in [6.07, 6.45) is -8.10. The fourth-order valence-corrected chi connectivity index (χ4v) is 6.89. The normalized spacial score (nSPS) is 22.6. The smallest absolute Gasteiger partial charge is 0.369 e. The van der Waals surface area contributed by atoms with Crippen molar-refractivity contribution in [3.63, 3.8) is 0 Å². The third kappa shape index (κ3) is 6.81. The molecule has 254 valence electrons. The van der Waals surface area contributed by atoms with Gasteiger partial charge in [-0.2, -0.15) is 26.3 Å². The van der Waals surface area contributed by atoms with E-state index in [1.165, 1.54) is 11.8 Å². The number of hydrogen-bond acceptors (Lipinski definition) is 6. The lowest BCUT2D eigenvalue weighted by atomic mass is 9.95. The van der Waals surface area contributed by atoms with E-state index in [2.05, 4.69) is 11.6 Å². The number of pyridine rings is 1. The minimum atomic E-state index is -4.69. The fourth-order valence-electron chi connectivity index (χ4n) is 6.89. The summed E-state index contributed by atoms with van der Waals surface area (Å²) in [6.45, 7) is 7.20. The molecular formula is C32H36F6N6O3. The molecule has 0 bridgehead atoms. The molecule has 47 heavy (non-hydrogen) atoms. The molecule has 3 atom stereocenters. The predicted octanol–water partition coefficient (Wildman–Crippen LogP) is 4.57. The van der Waals surface area contributed by atoms with Crippen molar-refractivity contribution in [3.8, 4) is 0 Å². The van der Waals surface area contributed by atoms with Crippen molar-refractivity contribution in [1.82, 2.24) is 14.8 Å². The highest BCUT2D eigenvalue weighted by atomic mass is 19.4. The van der Waals surface area contributed by atoms with E-state index in [1.54, 1.807) is 24.1 Å². The third-order valence-electron chi connectivity index (χ3n) is 9.08. The van der Waals surface area contributed by atoms with Crippen molar-refractivity contribution in [2.45, 2.75) is 51.1 Å². The van der Waals surface area contributed by atoms with Crippen LogP contribution in [-0.2, 0) is 20.6 Å². The molecule has 0 N–H and O–H groups in total. The zero-order chi connectivity index (χ0) is 34.4. The van der Waals surface area contributed by atoms with Gasteiger partial charge >= 0.3 is 12.4 Å². The van der Waals surface area contributed by atoms with Gasteiger partial charge in [0.25, 0.3) is 0 Å². The number of fused-ring (bicyclic) bond motifs is 2. The second-order valence-corrected chi connectivity index (χ2v) is 12.3. The quantitative estimate of drug-likeness (QED) is 0.332. The number of aryl methyl sites for hydroxylation is 2. The van der Waals surface area contributed by atoms with Gasteiger partial charge in [-0.1, -0.05) is 18.7 Å². The Balaban J connectivity index is 1.41. The second kappa shape index (κ2) is 12.8. The van der Waals surface area contributed by atoms with Crippen molar-refractivity contribution >= 4 is 34.9 Å². The van der Waals surface area contributed by atoms with Gasteiger partial charge in [-0.15, -0.1) is 0 Å². The SMILES string of the molecule is C=CC(=O)N1CCN(CCCN2C[C@H]3CC(=O)N(c4cc(C(F)(F)F)cc(C)n4)[C@@H]3C(=O)N(C)c3cccc(C)c32)C[C@@H]1C(F)(F)F. The molecule has 15 heteroatoms. The molecule has 0 aliphatic carbocycles. The lowest BCUT2D eigenvalue weighted by Gasteiger charge is -2.42. The molecule has 2 fully saturated rings. The largest absolute Gasteiger partial charge is 0.416 e. The number of aromatic nitrogens is 1. The van der Waals surface area contributed by atoms with E-state index in [-0.39, 0.29) is 44.1 Å². The molecule has 3 aliphatic heterocycles. The van der Waals surface area contributed by atoms with Crippen LogP contribution in [0.3, 0.4) is 0 Å². The number of hydrogen-bond donors (Lipinski definition) is 0. The molecule has 0 radical (unpaired) electrons. The number of amides is 3. The van der Waals surface area contributed by atoms with E-state index < -0.39 is 53.6 Å². The summed E-state index contributed by atoms with van der Waals surface area (Å²) in [7, 11) is 1.55. The molecule has 3 amide bonds. The van der Waals surface area contributed by atoms with Crippen LogP contribution in [0.15, 0.2) is 43.0 Å². The number of piperazine rings is 1. The average molecular weight is 667 g/mol. The number of alkyl halides is 6. The first kappa shape index (κ1) is 34.2. The van der Waals surface area contributed by atoms with Crippen LogP contribution in [0.5, 0.6) is 0 Å². The maximum Gasteiger partial charge on any atom is 0.416 e. The minimum Gasteiger partial charge on any atom is -0.369 e. The highest BCUT2D eigenvalue weighted by molar-refractivity contribution is 6.10. The Morgan fingerprint density at radius 2 is 1.77 bits per heavy atom. The summed E-state index contributed by atoms with van der Waals surface area (Å²) in [5, 5.41) is 0. The van der Waals surface area contributed by atoms with Gasteiger partial charge in [-0.05, 0) is 56.7 Å². The Labute approximate surface area is 268 Å². The molecule has 2 saturated heterocycles. The average Bonchev–Trinajstić information content (AvgIpc) is 3.32. The molecule has 2 aromatic rings. The standard InChI is InChI=1S/C32H36F6N6O3/c1-5-26(45)43-13-12-41(18-24(43)32(36,37)38)10-7-11-42-17-21-15-27(46)44(25-16-22(31(33,34)35)14-20(3)39-25)29(21)30(47)40(4)23-9-6-8-19(2)28(23)42/h5-6,8-9,14,16,21,24,29H,1,7,10-13,15,17-18H2,2-4H3/t21-,24-,29+/m1/s1. The number of anilines is 3. The molecule has 1 aromatic heterocycles. The number of rotatable bonds is 6. The van der Waals surface area contributed by atoms with Crippen LogP contribution < -0.4 is 14.7 Å². The van der Waals surface area contributed by atoms with Crippen LogP contribution in [0, 0.1) is 19.8 Å². The van der Waals surface area contributed by atoms with Crippen LogP contribution in [0.25, 0.3) is 0 Å². The predicted molar refractivity (Wildman–Crippen MR) is 163 cm³/mol. The van der Waals surface area contributed by atoms with E-state index in [1.807, 2.05) is 17.9 Å². The first-order chi connectivity index (χ1) is 22.0. The highest BCUT2D eigenvalue weighted by Gasteiger charge is 2.50. The van der Waals surface area contributed by atoms with Gasteiger partial charge in [0.05, 0.1) is 16.9 Å². The molecule has 4 heterocycles. The van der Waals surface area contributed by atoms with Gasteiger partial charge < -0.3 is 14.7 Å². The number of benzene rings is 1. The lowest BCUT2D eigenvalue weighted by molar-refractivity contribution is -0.199. The summed E-state index contributed by atoms with van der Waals surface area (Å²) in [6, 6.07) is 3.96. The van der Waals surface area contributed by atoms with Crippen molar-refractivity contribution in [2.24, 2.45) is 5.92 Å². The van der Waals surface area contributed by atoms with Gasteiger partial charge in [0.2, 0.25) is 17.7 Å². The summed E-state index contributed by atoms with van der Waals surface area (Å²) in [4.78, 5) is 50.7. The van der Waals surface area contributed by atoms with Crippen LogP contribution in [0.2, 0.25) is 0 Å². The summed E-state index contributed by atoms with van der Waals surface area (Å²) in [5.41, 5.74) is 1.17. The Hall–Kier alpha value is -4.14. The van der Waals surface area contributed by atoms with E-state index in [4.69, 9.17) is 0 Å². The van der Waals surface area contributed by atoms with E-state index >= 15 is 0 Å². The molecular weight excluding hydrogens is 630 g/mol. The first-order valence-electron chi connectivity index (χ1n) is 15.2. The lowest BCUT2D eigenvalue weighted by Crippen LogP contribution is -2.60. The molecule has 3 aliphatic rings. The summed E-state index contributed by atoms with van der Waals surface area (Å²) >= 11 is 0. The van der Waals surface area contributed by atoms with Crippen molar-refractivity contribution in [3.05, 3.63) is 59.8 Å². The first-order valence-corrected chi connectivity index (χ1v) is 15.2. The van der Waals surface area contributed by atoms with Crippen molar-refractivity contribution in [1.29, 1.82) is 0 Å². The fraction of sp³-hybridized carbons (Fsp3) is 0.500. The Kier molecular flexibility index (Phi) is 9.32. The maximum absolute atomic E-state index is 14.0. The van der Waals surface area contributed by atoms with E-state index in [0.717, 1.165) is 39.3 Å². The summed E-state index contributed by atoms with van der Waals surface area (Å²) in [5.74, 6) is -2.62. The maximum atomic E-state index is 14.0. The Morgan fingerprint density at radius 1 is 1.04 bits per heavy atom. The molecule has 1 aromatic carbocycles. The Bertz CT molecular complexity index is 1560. The number of nitrogens with zero attached hydrogens (tertiary/aromatic N) is 6. The van der Waals surface area contributed by atoms with Crippen LogP contribution in [0.4, 0.5) is 43.5 Å². The molecule has 9 nitrogen and oxygen atoms in total.